The van der Waals surface area contributed by atoms with Crippen LogP contribution in [0.15, 0.2) is 18.2 Å². The Labute approximate surface area is 124 Å². The van der Waals surface area contributed by atoms with E-state index < -0.39 is 5.60 Å². The summed E-state index contributed by atoms with van der Waals surface area (Å²) in [5.74, 6) is -0.161. The number of benzene rings is 1. The number of carbonyl (C=O) groups is 1. The summed E-state index contributed by atoms with van der Waals surface area (Å²) >= 11 is 0. The number of aromatic nitrogens is 2. The highest BCUT2D eigenvalue weighted by atomic mass is 16.3. The van der Waals surface area contributed by atoms with Gasteiger partial charge in [0, 0.05) is 11.9 Å². The molecule has 0 aliphatic carbocycles. The summed E-state index contributed by atoms with van der Waals surface area (Å²) in [6.07, 6.45) is 0.855. The molecule has 0 bridgehead atoms. The summed E-state index contributed by atoms with van der Waals surface area (Å²) in [5.41, 5.74) is 1.35. The largest absolute Gasteiger partial charge is 0.388 e. The molecule has 2 atom stereocenters. The zero-order chi connectivity index (χ0) is 15.6. The molecule has 1 heterocycles. The summed E-state index contributed by atoms with van der Waals surface area (Å²) in [7, 11) is 0. The molecule has 2 aromatic rings. The molecule has 3 N–H and O–H groups in total. The van der Waals surface area contributed by atoms with Crippen molar-refractivity contribution in [2.45, 2.75) is 39.7 Å². The first-order valence-corrected chi connectivity index (χ1v) is 7.30. The molecule has 5 heteroatoms. The minimum Gasteiger partial charge on any atom is -0.388 e. The molecular weight excluding hydrogens is 266 g/mol. The van der Waals surface area contributed by atoms with E-state index in [1.54, 1.807) is 6.92 Å². The van der Waals surface area contributed by atoms with Crippen LogP contribution in [0.5, 0.6) is 0 Å². The number of hydrogen-bond donors (Lipinski definition) is 3. The summed E-state index contributed by atoms with van der Waals surface area (Å²) in [5, 5.41) is 20.9. The van der Waals surface area contributed by atoms with Gasteiger partial charge in [0.2, 0.25) is 0 Å². The van der Waals surface area contributed by atoms with Crippen LogP contribution in [0.3, 0.4) is 0 Å². The zero-order valence-electron chi connectivity index (χ0n) is 13.0. The van der Waals surface area contributed by atoms with Gasteiger partial charge in [-0.3, -0.25) is 9.89 Å². The van der Waals surface area contributed by atoms with Crippen molar-refractivity contribution in [3.8, 4) is 0 Å². The summed E-state index contributed by atoms with van der Waals surface area (Å²) in [6, 6.07) is 5.81. The van der Waals surface area contributed by atoms with Crippen LogP contribution in [0.4, 0.5) is 0 Å². The van der Waals surface area contributed by atoms with Crippen molar-refractivity contribution in [3.05, 3.63) is 29.5 Å². The van der Waals surface area contributed by atoms with Gasteiger partial charge in [-0.15, -0.1) is 0 Å². The number of nitrogens with zero attached hydrogens (tertiary/aromatic N) is 1. The predicted molar refractivity (Wildman–Crippen MR) is 83.2 cm³/mol. The third kappa shape index (κ3) is 3.24. The lowest BCUT2D eigenvalue weighted by Gasteiger charge is -2.29. The van der Waals surface area contributed by atoms with Gasteiger partial charge >= 0.3 is 0 Å². The molecule has 114 valence electrons. The molecule has 5 nitrogen and oxygen atoms in total. The molecule has 0 spiro atoms. The molecule has 0 aliphatic heterocycles. The second-order valence-corrected chi connectivity index (χ2v) is 5.97. The molecule has 2 rings (SSSR count). The average Bonchev–Trinajstić information content (AvgIpc) is 2.86. The second kappa shape index (κ2) is 5.85. The maximum absolute atomic E-state index is 12.3. The number of fused-ring (bicyclic) bond motifs is 1. The van der Waals surface area contributed by atoms with Crippen LogP contribution >= 0.6 is 0 Å². The predicted octanol–water partition coefficient (Wildman–Crippen LogP) is 2.40. The Morgan fingerprint density at radius 1 is 1.52 bits per heavy atom. The maximum Gasteiger partial charge on any atom is 0.272 e. The van der Waals surface area contributed by atoms with Gasteiger partial charge in [-0.2, -0.15) is 5.10 Å². The molecule has 21 heavy (non-hydrogen) atoms. The molecule has 0 saturated heterocycles. The van der Waals surface area contributed by atoms with E-state index in [0.29, 0.717) is 5.69 Å². The van der Waals surface area contributed by atoms with E-state index in [9.17, 15) is 9.90 Å². The number of aryl methyl sites for hydroxylation is 1. The van der Waals surface area contributed by atoms with Crippen LogP contribution in [-0.2, 0) is 0 Å². The minimum absolute atomic E-state index is 0.107. The number of hydrogen-bond acceptors (Lipinski definition) is 3. The Bertz CT molecular complexity index is 646. The van der Waals surface area contributed by atoms with Gasteiger partial charge in [-0.05, 0) is 31.9 Å². The molecule has 0 aliphatic rings. The number of H-pyrrole nitrogens is 1. The van der Waals surface area contributed by atoms with Crippen LogP contribution in [-0.4, -0.2) is 33.4 Å². The molecule has 1 amide bonds. The molecular formula is C16H23N3O2. The third-order valence-corrected chi connectivity index (χ3v) is 4.21. The Kier molecular flexibility index (Phi) is 4.32. The molecule has 1 aromatic carbocycles. The van der Waals surface area contributed by atoms with Crippen molar-refractivity contribution in [2.24, 2.45) is 5.92 Å². The summed E-state index contributed by atoms with van der Waals surface area (Å²) in [6.45, 7) is 7.92. The van der Waals surface area contributed by atoms with Gasteiger partial charge in [0.1, 0.15) is 0 Å². The highest BCUT2D eigenvalue weighted by Gasteiger charge is 2.28. The van der Waals surface area contributed by atoms with Gasteiger partial charge in [-0.1, -0.05) is 31.9 Å². The van der Waals surface area contributed by atoms with Crippen LogP contribution in [0, 0.1) is 12.8 Å². The molecule has 0 fully saturated rings. The fourth-order valence-electron chi connectivity index (χ4n) is 2.26. The molecule has 1 aromatic heterocycles. The number of amides is 1. The summed E-state index contributed by atoms with van der Waals surface area (Å²) in [4.78, 5) is 12.3. The smallest absolute Gasteiger partial charge is 0.272 e. The summed E-state index contributed by atoms with van der Waals surface area (Å²) < 4.78 is 0. The number of carbonyl (C=O) groups excluding carboxylic acids is 1. The maximum atomic E-state index is 12.3. The lowest BCUT2D eigenvalue weighted by molar-refractivity contribution is 0.00589. The third-order valence-electron chi connectivity index (χ3n) is 4.21. The molecule has 0 radical (unpaired) electrons. The Hall–Kier alpha value is -1.88. The van der Waals surface area contributed by atoms with Gasteiger partial charge in [0.05, 0.1) is 11.1 Å². The SMILES string of the molecule is CCC(C)C(C)(O)CNC(=O)c1n[nH]c2ccc(C)cc12. The molecule has 2 unspecified atom stereocenters. The van der Waals surface area contributed by atoms with Gasteiger partial charge in [0.25, 0.3) is 5.91 Å². The van der Waals surface area contributed by atoms with E-state index in [4.69, 9.17) is 0 Å². The van der Waals surface area contributed by atoms with Crippen molar-refractivity contribution < 1.29 is 9.90 Å². The van der Waals surface area contributed by atoms with Crippen LogP contribution in [0.2, 0.25) is 0 Å². The average molecular weight is 289 g/mol. The van der Waals surface area contributed by atoms with Gasteiger partial charge in [0.15, 0.2) is 5.69 Å². The standard InChI is InChI=1S/C16H23N3O2/c1-5-11(3)16(4,21)9-17-15(20)14-12-8-10(2)6-7-13(12)18-19-14/h6-8,11,21H,5,9H2,1-4H3,(H,17,20)(H,18,19). The Morgan fingerprint density at radius 3 is 2.90 bits per heavy atom. The van der Waals surface area contributed by atoms with Crippen LogP contribution in [0.1, 0.15) is 43.2 Å². The van der Waals surface area contributed by atoms with Gasteiger partial charge < -0.3 is 10.4 Å². The van der Waals surface area contributed by atoms with E-state index in [-0.39, 0.29) is 18.4 Å². The van der Waals surface area contributed by atoms with Crippen molar-refractivity contribution >= 4 is 16.8 Å². The number of aliphatic hydroxyl groups is 1. The first kappa shape index (κ1) is 15.5. The van der Waals surface area contributed by atoms with Crippen molar-refractivity contribution in [1.82, 2.24) is 15.5 Å². The van der Waals surface area contributed by atoms with E-state index in [1.165, 1.54) is 0 Å². The first-order chi connectivity index (χ1) is 9.85. The Balaban J connectivity index is 2.14. The van der Waals surface area contributed by atoms with Crippen molar-refractivity contribution in [3.63, 3.8) is 0 Å². The highest BCUT2D eigenvalue weighted by molar-refractivity contribution is 6.04. The monoisotopic (exact) mass is 289 g/mol. The van der Waals surface area contributed by atoms with Crippen LogP contribution in [0.25, 0.3) is 10.9 Å². The van der Waals surface area contributed by atoms with E-state index >= 15 is 0 Å². The topological polar surface area (TPSA) is 78.0 Å². The van der Waals surface area contributed by atoms with E-state index in [1.807, 2.05) is 39.0 Å². The Morgan fingerprint density at radius 2 is 2.24 bits per heavy atom. The number of aromatic amines is 1. The normalized spacial score (nSPS) is 15.7. The number of rotatable bonds is 5. The zero-order valence-corrected chi connectivity index (χ0v) is 13.0. The number of nitrogens with one attached hydrogen (secondary N) is 2. The fraction of sp³-hybridized carbons (Fsp3) is 0.500. The quantitative estimate of drug-likeness (QED) is 0.791. The van der Waals surface area contributed by atoms with Crippen molar-refractivity contribution in [1.29, 1.82) is 0 Å². The fourth-order valence-corrected chi connectivity index (χ4v) is 2.26. The lowest BCUT2D eigenvalue weighted by Crippen LogP contribution is -2.45. The van der Waals surface area contributed by atoms with Gasteiger partial charge in [-0.25, -0.2) is 0 Å². The molecule has 0 saturated carbocycles. The first-order valence-electron chi connectivity index (χ1n) is 7.30. The minimum atomic E-state index is -0.924. The van der Waals surface area contributed by atoms with Crippen molar-refractivity contribution in [2.75, 3.05) is 6.54 Å². The highest BCUT2D eigenvalue weighted by Crippen LogP contribution is 2.20. The van der Waals surface area contributed by atoms with E-state index in [2.05, 4.69) is 15.5 Å². The second-order valence-electron chi connectivity index (χ2n) is 5.97. The lowest BCUT2D eigenvalue weighted by atomic mass is 9.88. The van der Waals surface area contributed by atoms with E-state index in [0.717, 1.165) is 22.9 Å². The van der Waals surface area contributed by atoms with Crippen LogP contribution < -0.4 is 5.32 Å².